The Morgan fingerprint density at radius 2 is 2.11 bits per heavy atom. The van der Waals surface area contributed by atoms with E-state index in [1.807, 2.05) is 0 Å². The van der Waals surface area contributed by atoms with Crippen LogP contribution in [0.15, 0.2) is 0 Å². The first-order chi connectivity index (χ1) is 9.02. The quantitative estimate of drug-likeness (QED) is 0.702. The van der Waals surface area contributed by atoms with Gasteiger partial charge in [-0.15, -0.1) is 0 Å². The number of aliphatic hydroxyl groups is 1. The van der Waals surface area contributed by atoms with Gasteiger partial charge in [-0.2, -0.15) is 0 Å². The van der Waals surface area contributed by atoms with Crippen molar-refractivity contribution in [1.29, 1.82) is 0 Å². The molecule has 1 heterocycles. The molecule has 0 bridgehead atoms. The van der Waals surface area contributed by atoms with Gasteiger partial charge in [0, 0.05) is 13.0 Å². The number of nitrogens with one attached hydrogen (secondary N) is 2. The molecule has 2 aliphatic rings. The van der Waals surface area contributed by atoms with E-state index in [2.05, 4.69) is 17.6 Å². The summed E-state index contributed by atoms with van der Waals surface area (Å²) in [5.74, 6) is 0.476. The van der Waals surface area contributed by atoms with E-state index in [9.17, 15) is 14.7 Å². The number of rotatable bonds is 4. The maximum Gasteiger partial charge on any atom is 0.242 e. The minimum atomic E-state index is -0.760. The minimum Gasteiger partial charge on any atom is -0.388 e. The van der Waals surface area contributed by atoms with E-state index in [0.717, 1.165) is 32.1 Å². The molecular formula is C14H24N2O3. The van der Waals surface area contributed by atoms with Gasteiger partial charge in [-0.1, -0.05) is 13.3 Å². The summed E-state index contributed by atoms with van der Waals surface area (Å²) in [6, 6.07) is -0.414. The van der Waals surface area contributed by atoms with Crippen LogP contribution in [-0.2, 0) is 9.59 Å². The molecule has 2 rings (SSSR count). The first-order valence-electron chi connectivity index (χ1n) is 7.32. The summed E-state index contributed by atoms with van der Waals surface area (Å²) in [7, 11) is 0. The molecule has 2 fully saturated rings. The second kappa shape index (κ2) is 5.90. The Morgan fingerprint density at radius 3 is 2.63 bits per heavy atom. The number of carbonyl (C=O) groups excluding carboxylic acids is 2. The summed E-state index contributed by atoms with van der Waals surface area (Å²) in [5, 5.41) is 15.8. The predicted octanol–water partition coefficient (Wildman–Crippen LogP) is 0.712. The summed E-state index contributed by atoms with van der Waals surface area (Å²) in [4.78, 5) is 22.9. The highest BCUT2D eigenvalue weighted by Crippen LogP contribution is 2.33. The highest BCUT2D eigenvalue weighted by molar-refractivity contribution is 5.90. The third kappa shape index (κ3) is 3.69. The Kier molecular flexibility index (Phi) is 4.45. The Hall–Kier alpha value is -1.10. The maximum atomic E-state index is 11.9. The molecule has 1 unspecified atom stereocenters. The number of hydrogen-bond acceptors (Lipinski definition) is 3. The molecule has 108 valence electrons. The fourth-order valence-corrected chi connectivity index (χ4v) is 2.99. The standard InChI is InChI=1S/C14H24N2O3/c1-2-10-5-7-14(19,8-6-10)9-15-13(18)11-3-4-12(17)16-11/h10-11,19H,2-9H2,1H3,(H,15,18)(H,16,17). The largest absolute Gasteiger partial charge is 0.388 e. The van der Waals surface area contributed by atoms with Crippen LogP contribution in [-0.4, -0.2) is 35.1 Å². The molecule has 5 heteroatoms. The van der Waals surface area contributed by atoms with Crippen LogP contribution in [0.2, 0.25) is 0 Å². The molecule has 0 aromatic heterocycles. The first kappa shape index (κ1) is 14.3. The number of amides is 2. The lowest BCUT2D eigenvalue weighted by Gasteiger charge is -2.36. The van der Waals surface area contributed by atoms with Crippen molar-refractivity contribution in [3.63, 3.8) is 0 Å². The summed E-state index contributed by atoms with van der Waals surface area (Å²) in [6.07, 6.45) is 5.70. The van der Waals surface area contributed by atoms with Gasteiger partial charge < -0.3 is 15.7 Å². The number of hydrogen-bond donors (Lipinski definition) is 3. The molecule has 3 N–H and O–H groups in total. The monoisotopic (exact) mass is 268 g/mol. The first-order valence-corrected chi connectivity index (χ1v) is 7.32. The van der Waals surface area contributed by atoms with Crippen LogP contribution in [0.3, 0.4) is 0 Å². The zero-order chi connectivity index (χ0) is 13.9. The molecule has 5 nitrogen and oxygen atoms in total. The van der Waals surface area contributed by atoms with E-state index >= 15 is 0 Å². The molecule has 0 radical (unpaired) electrons. The van der Waals surface area contributed by atoms with E-state index in [1.165, 1.54) is 0 Å². The third-order valence-electron chi connectivity index (χ3n) is 4.52. The van der Waals surface area contributed by atoms with Crippen LogP contribution in [0.5, 0.6) is 0 Å². The van der Waals surface area contributed by atoms with Crippen molar-refractivity contribution < 1.29 is 14.7 Å². The van der Waals surface area contributed by atoms with Gasteiger partial charge in [-0.3, -0.25) is 9.59 Å². The molecular weight excluding hydrogens is 244 g/mol. The lowest BCUT2D eigenvalue weighted by Crippen LogP contribution is -2.49. The van der Waals surface area contributed by atoms with E-state index in [-0.39, 0.29) is 11.8 Å². The van der Waals surface area contributed by atoms with Gasteiger partial charge in [0.1, 0.15) is 6.04 Å². The molecule has 1 aliphatic carbocycles. The molecule has 2 amide bonds. The molecule has 0 aromatic carbocycles. The van der Waals surface area contributed by atoms with Gasteiger partial charge in [0.05, 0.1) is 5.60 Å². The van der Waals surface area contributed by atoms with E-state index < -0.39 is 11.6 Å². The van der Waals surface area contributed by atoms with Crippen LogP contribution >= 0.6 is 0 Å². The molecule has 0 aromatic rings. The highest BCUT2D eigenvalue weighted by atomic mass is 16.3. The summed E-state index contributed by atoms with van der Waals surface area (Å²) < 4.78 is 0. The van der Waals surface area contributed by atoms with Gasteiger partial charge in [-0.25, -0.2) is 0 Å². The lowest BCUT2D eigenvalue weighted by molar-refractivity contribution is -0.127. The van der Waals surface area contributed by atoms with Gasteiger partial charge in [0.25, 0.3) is 0 Å². The molecule has 1 atom stereocenters. The van der Waals surface area contributed by atoms with Crippen molar-refractivity contribution in [3.8, 4) is 0 Å². The van der Waals surface area contributed by atoms with Crippen molar-refractivity contribution in [1.82, 2.24) is 10.6 Å². The van der Waals surface area contributed by atoms with Crippen molar-refractivity contribution in [2.24, 2.45) is 5.92 Å². The molecule has 19 heavy (non-hydrogen) atoms. The van der Waals surface area contributed by atoms with Crippen molar-refractivity contribution in [3.05, 3.63) is 0 Å². The van der Waals surface area contributed by atoms with Crippen molar-refractivity contribution >= 4 is 11.8 Å². The van der Waals surface area contributed by atoms with E-state index in [1.54, 1.807) is 0 Å². The fourth-order valence-electron chi connectivity index (χ4n) is 2.99. The van der Waals surface area contributed by atoms with Gasteiger partial charge in [0.2, 0.25) is 11.8 Å². The van der Waals surface area contributed by atoms with Crippen LogP contribution in [0.25, 0.3) is 0 Å². The lowest BCUT2D eigenvalue weighted by atomic mass is 9.78. The Labute approximate surface area is 114 Å². The molecule has 0 spiro atoms. The SMILES string of the molecule is CCC1CCC(O)(CNC(=O)C2CCC(=O)N2)CC1. The molecule has 1 aliphatic heterocycles. The molecule has 1 saturated carbocycles. The normalized spacial score (nSPS) is 34.9. The Morgan fingerprint density at radius 1 is 1.42 bits per heavy atom. The van der Waals surface area contributed by atoms with Crippen molar-refractivity contribution in [2.75, 3.05) is 6.54 Å². The van der Waals surface area contributed by atoms with E-state index in [0.29, 0.717) is 25.3 Å². The van der Waals surface area contributed by atoms with Crippen LogP contribution in [0.4, 0.5) is 0 Å². The topological polar surface area (TPSA) is 78.4 Å². The zero-order valence-electron chi connectivity index (χ0n) is 11.6. The van der Waals surface area contributed by atoms with Crippen LogP contribution in [0, 0.1) is 5.92 Å². The maximum absolute atomic E-state index is 11.9. The van der Waals surface area contributed by atoms with Crippen molar-refractivity contribution in [2.45, 2.75) is 63.5 Å². The zero-order valence-corrected chi connectivity index (χ0v) is 11.6. The summed E-state index contributed by atoms with van der Waals surface area (Å²) >= 11 is 0. The Bertz CT molecular complexity index is 349. The second-order valence-electron chi connectivity index (χ2n) is 5.95. The predicted molar refractivity (Wildman–Crippen MR) is 71.4 cm³/mol. The van der Waals surface area contributed by atoms with Gasteiger partial charge in [0.15, 0.2) is 0 Å². The fraction of sp³-hybridized carbons (Fsp3) is 0.857. The Balaban J connectivity index is 1.75. The number of carbonyl (C=O) groups is 2. The highest BCUT2D eigenvalue weighted by Gasteiger charge is 2.34. The van der Waals surface area contributed by atoms with E-state index in [4.69, 9.17) is 0 Å². The van der Waals surface area contributed by atoms with Gasteiger partial charge >= 0.3 is 0 Å². The third-order valence-corrected chi connectivity index (χ3v) is 4.52. The summed E-state index contributed by atoms with van der Waals surface area (Å²) in [5.41, 5.74) is -0.760. The average Bonchev–Trinajstić information content (AvgIpc) is 2.84. The van der Waals surface area contributed by atoms with Crippen LogP contribution in [0.1, 0.15) is 51.9 Å². The average molecular weight is 268 g/mol. The second-order valence-corrected chi connectivity index (χ2v) is 5.95. The van der Waals surface area contributed by atoms with Crippen LogP contribution < -0.4 is 10.6 Å². The smallest absolute Gasteiger partial charge is 0.242 e. The molecule has 1 saturated heterocycles. The summed E-state index contributed by atoms with van der Waals surface area (Å²) in [6.45, 7) is 2.48. The van der Waals surface area contributed by atoms with Gasteiger partial charge in [-0.05, 0) is 38.0 Å². The minimum absolute atomic E-state index is 0.0673.